The smallest absolute Gasteiger partial charge is 0.223 e. The van der Waals surface area contributed by atoms with Crippen molar-refractivity contribution in [2.75, 3.05) is 20.7 Å². The molecule has 21 heavy (non-hydrogen) atoms. The number of nitrogens with zero attached hydrogens (tertiary/aromatic N) is 1. The number of nitrogens with one attached hydrogen (secondary N) is 1. The van der Waals surface area contributed by atoms with E-state index >= 15 is 0 Å². The Kier molecular flexibility index (Phi) is 5.62. The fourth-order valence-electron chi connectivity index (χ4n) is 2.42. The highest BCUT2D eigenvalue weighted by Gasteiger charge is 2.21. The molecule has 2 rings (SSSR count). The van der Waals surface area contributed by atoms with Crippen molar-refractivity contribution in [1.29, 1.82) is 0 Å². The van der Waals surface area contributed by atoms with E-state index in [4.69, 9.17) is 4.74 Å². The van der Waals surface area contributed by atoms with Crippen LogP contribution in [0.5, 0.6) is 5.75 Å². The van der Waals surface area contributed by atoms with Crippen LogP contribution in [0.1, 0.15) is 31.7 Å². The number of hydrogen-bond donors (Lipinski definition) is 1. The standard InChI is InChI=1S/C17H26N2O2/c1-13(12-14-6-4-5-7-16(14)21-3)19(2)17(20)10-11-18-15-8-9-15/h4-7,13,15,18H,8-12H2,1-3H3. The van der Waals surface area contributed by atoms with E-state index in [9.17, 15) is 4.79 Å². The van der Waals surface area contributed by atoms with Gasteiger partial charge in [0, 0.05) is 32.1 Å². The van der Waals surface area contributed by atoms with Gasteiger partial charge in [0.05, 0.1) is 7.11 Å². The highest BCUT2D eigenvalue weighted by Crippen LogP contribution is 2.20. The quantitative estimate of drug-likeness (QED) is 0.798. The molecule has 0 spiro atoms. The SMILES string of the molecule is COc1ccccc1CC(C)N(C)C(=O)CCNC1CC1. The molecule has 1 atom stereocenters. The van der Waals surface area contributed by atoms with Gasteiger partial charge in [0.2, 0.25) is 5.91 Å². The molecule has 1 aliphatic carbocycles. The molecule has 1 fully saturated rings. The summed E-state index contributed by atoms with van der Waals surface area (Å²) in [6, 6.07) is 8.81. The highest BCUT2D eigenvalue weighted by atomic mass is 16.5. The third-order valence-corrected chi connectivity index (χ3v) is 4.11. The van der Waals surface area contributed by atoms with Crippen LogP contribution in [0.3, 0.4) is 0 Å². The number of para-hydroxylation sites is 1. The molecule has 1 aromatic carbocycles. The van der Waals surface area contributed by atoms with Gasteiger partial charge in [-0.25, -0.2) is 0 Å². The molecule has 0 radical (unpaired) electrons. The predicted molar refractivity (Wildman–Crippen MR) is 84.6 cm³/mol. The number of ether oxygens (including phenoxy) is 1. The van der Waals surface area contributed by atoms with Crippen molar-refractivity contribution in [3.05, 3.63) is 29.8 Å². The molecule has 0 saturated heterocycles. The summed E-state index contributed by atoms with van der Waals surface area (Å²) in [5, 5.41) is 3.38. The van der Waals surface area contributed by atoms with Gasteiger partial charge in [-0.3, -0.25) is 4.79 Å². The summed E-state index contributed by atoms with van der Waals surface area (Å²) in [7, 11) is 3.57. The third kappa shape index (κ3) is 4.74. The number of amides is 1. The van der Waals surface area contributed by atoms with E-state index in [1.165, 1.54) is 12.8 Å². The molecule has 1 saturated carbocycles. The highest BCUT2D eigenvalue weighted by molar-refractivity contribution is 5.76. The summed E-state index contributed by atoms with van der Waals surface area (Å²) in [6.07, 6.45) is 3.90. The first kappa shape index (κ1) is 15.8. The Morgan fingerprint density at radius 2 is 2.14 bits per heavy atom. The first-order valence-corrected chi connectivity index (χ1v) is 7.72. The number of carbonyl (C=O) groups excluding carboxylic acids is 1. The molecule has 4 heteroatoms. The summed E-state index contributed by atoms with van der Waals surface area (Å²) < 4.78 is 5.37. The van der Waals surface area contributed by atoms with Crippen LogP contribution < -0.4 is 10.1 Å². The number of benzene rings is 1. The predicted octanol–water partition coefficient (Wildman–Crippen LogP) is 2.23. The van der Waals surface area contributed by atoms with Gasteiger partial charge in [0.15, 0.2) is 0 Å². The number of carbonyl (C=O) groups is 1. The molecule has 0 aliphatic heterocycles. The van der Waals surface area contributed by atoms with Gasteiger partial charge >= 0.3 is 0 Å². The fourth-order valence-corrected chi connectivity index (χ4v) is 2.42. The van der Waals surface area contributed by atoms with Crippen molar-refractivity contribution in [3.63, 3.8) is 0 Å². The van der Waals surface area contributed by atoms with Crippen LogP contribution >= 0.6 is 0 Å². The number of methoxy groups -OCH3 is 1. The monoisotopic (exact) mass is 290 g/mol. The maximum absolute atomic E-state index is 12.2. The lowest BCUT2D eigenvalue weighted by Crippen LogP contribution is -2.38. The van der Waals surface area contributed by atoms with E-state index in [-0.39, 0.29) is 11.9 Å². The summed E-state index contributed by atoms with van der Waals surface area (Å²) in [5.41, 5.74) is 1.14. The van der Waals surface area contributed by atoms with Crippen molar-refractivity contribution < 1.29 is 9.53 Å². The molecule has 4 nitrogen and oxygen atoms in total. The number of likely N-dealkylation sites (N-methyl/N-ethyl adjacent to an activating group) is 1. The minimum atomic E-state index is 0.162. The largest absolute Gasteiger partial charge is 0.496 e. The van der Waals surface area contributed by atoms with Gasteiger partial charge < -0.3 is 15.0 Å². The van der Waals surface area contributed by atoms with Gasteiger partial charge in [-0.1, -0.05) is 18.2 Å². The van der Waals surface area contributed by atoms with Crippen LogP contribution in [0.25, 0.3) is 0 Å². The second-order valence-electron chi connectivity index (χ2n) is 5.85. The normalized spacial score (nSPS) is 15.6. The van der Waals surface area contributed by atoms with Crippen molar-refractivity contribution in [2.24, 2.45) is 0 Å². The van der Waals surface area contributed by atoms with Crippen LogP contribution in [0.2, 0.25) is 0 Å². The maximum atomic E-state index is 12.2. The van der Waals surface area contributed by atoms with E-state index in [0.29, 0.717) is 12.5 Å². The summed E-state index contributed by atoms with van der Waals surface area (Å²) in [6.45, 7) is 2.87. The molecule has 1 amide bonds. The molecule has 1 aliphatic rings. The molecule has 0 heterocycles. The first-order valence-electron chi connectivity index (χ1n) is 7.72. The average molecular weight is 290 g/mol. The first-order chi connectivity index (χ1) is 10.1. The van der Waals surface area contributed by atoms with Gasteiger partial charge in [0.25, 0.3) is 0 Å². The van der Waals surface area contributed by atoms with Gasteiger partial charge in [-0.15, -0.1) is 0 Å². The molecule has 1 aromatic rings. The van der Waals surface area contributed by atoms with Gasteiger partial charge in [-0.05, 0) is 37.8 Å². The second kappa shape index (κ2) is 7.46. The zero-order chi connectivity index (χ0) is 15.2. The van der Waals surface area contributed by atoms with E-state index < -0.39 is 0 Å². The second-order valence-corrected chi connectivity index (χ2v) is 5.85. The Morgan fingerprint density at radius 1 is 1.43 bits per heavy atom. The lowest BCUT2D eigenvalue weighted by molar-refractivity contribution is -0.131. The van der Waals surface area contributed by atoms with Gasteiger partial charge in [-0.2, -0.15) is 0 Å². The molecular formula is C17H26N2O2. The number of rotatable bonds is 8. The zero-order valence-electron chi connectivity index (χ0n) is 13.3. The van der Waals surface area contributed by atoms with Crippen LogP contribution in [-0.2, 0) is 11.2 Å². The topological polar surface area (TPSA) is 41.6 Å². The third-order valence-electron chi connectivity index (χ3n) is 4.11. The fraction of sp³-hybridized carbons (Fsp3) is 0.588. The summed E-state index contributed by atoms with van der Waals surface area (Å²) >= 11 is 0. The minimum absolute atomic E-state index is 0.162. The zero-order valence-corrected chi connectivity index (χ0v) is 13.3. The van der Waals surface area contributed by atoms with Crippen LogP contribution in [0.4, 0.5) is 0 Å². The van der Waals surface area contributed by atoms with Crippen molar-refractivity contribution in [3.8, 4) is 5.75 Å². The molecule has 1 N–H and O–H groups in total. The maximum Gasteiger partial charge on any atom is 0.223 e. The van der Waals surface area contributed by atoms with E-state index in [1.807, 2.05) is 30.1 Å². The lowest BCUT2D eigenvalue weighted by Gasteiger charge is -2.26. The number of hydrogen-bond acceptors (Lipinski definition) is 3. The molecular weight excluding hydrogens is 264 g/mol. The minimum Gasteiger partial charge on any atom is -0.496 e. The molecule has 116 valence electrons. The van der Waals surface area contributed by atoms with Crippen molar-refractivity contribution in [1.82, 2.24) is 10.2 Å². The van der Waals surface area contributed by atoms with Crippen LogP contribution in [0, 0.1) is 0 Å². The molecule has 0 bridgehead atoms. The molecule has 1 unspecified atom stereocenters. The van der Waals surface area contributed by atoms with Crippen LogP contribution in [-0.4, -0.2) is 43.6 Å². The lowest BCUT2D eigenvalue weighted by atomic mass is 10.0. The Bertz CT molecular complexity index is 472. The Morgan fingerprint density at radius 3 is 2.81 bits per heavy atom. The van der Waals surface area contributed by atoms with E-state index in [1.54, 1.807) is 7.11 Å². The summed E-state index contributed by atoms with van der Waals surface area (Å²) in [5.74, 6) is 1.09. The Balaban J connectivity index is 1.82. The van der Waals surface area contributed by atoms with Crippen LogP contribution in [0.15, 0.2) is 24.3 Å². The average Bonchev–Trinajstić information content (AvgIpc) is 3.31. The Labute approximate surface area is 127 Å². The van der Waals surface area contributed by atoms with E-state index in [2.05, 4.69) is 18.3 Å². The molecule has 0 aromatic heterocycles. The van der Waals surface area contributed by atoms with Crippen molar-refractivity contribution in [2.45, 2.75) is 44.7 Å². The van der Waals surface area contributed by atoms with Crippen molar-refractivity contribution >= 4 is 5.91 Å². The van der Waals surface area contributed by atoms with E-state index in [0.717, 1.165) is 24.3 Å². The summed E-state index contributed by atoms with van der Waals surface area (Å²) in [4.78, 5) is 14.0. The van der Waals surface area contributed by atoms with Gasteiger partial charge in [0.1, 0.15) is 5.75 Å². The Hall–Kier alpha value is -1.55.